The maximum Gasteiger partial charge on any atom is 0.0976 e. The number of aliphatic hydroxyl groups is 1. The number of hydrogen-bond donors (Lipinski definition) is 1. The highest BCUT2D eigenvalue weighted by Gasteiger charge is 2.47. The fourth-order valence-corrected chi connectivity index (χ4v) is 4.76. The lowest BCUT2D eigenvalue weighted by Gasteiger charge is -2.47. The second kappa shape index (κ2) is 8.14. The highest BCUT2D eigenvalue weighted by atomic mass is 16.3. The van der Waals surface area contributed by atoms with E-state index in [9.17, 15) is 5.11 Å². The molecule has 1 saturated heterocycles. The van der Waals surface area contributed by atoms with Crippen molar-refractivity contribution in [1.82, 2.24) is 4.90 Å². The van der Waals surface area contributed by atoms with E-state index in [-0.39, 0.29) is 6.04 Å². The molecule has 2 heteroatoms. The van der Waals surface area contributed by atoms with Crippen molar-refractivity contribution in [3.8, 4) is 0 Å². The normalized spacial score (nSPS) is 18.7. The standard InChI is InChI=1S/C26H27NO/c1-2-25(28)24-19-12-20-27(24)26(21-13-6-3-7-14-21,22-15-8-4-9-16-22)23-17-10-5-11-18-23/h2-11,13-18,24-25,28H,1,12,19-20H2/t24-,25+/m0/s1. The monoisotopic (exact) mass is 369 g/mol. The van der Waals surface area contributed by atoms with Gasteiger partial charge in [0, 0.05) is 12.6 Å². The van der Waals surface area contributed by atoms with Crippen LogP contribution in [0.1, 0.15) is 29.5 Å². The lowest BCUT2D eigenvalue weighted by atomic mass is 9.75. The lowest BCUT2D eigenvalue weighted by Crippen LogP contribution is -2.53. The molecular weight excluding hydrogens is 342 g/mol. The van der Waals surface area contributed by atoms with E-state index >= 15 is 0 Å². The Balaban J connectivity index is 2.03. The van der Waals surface area contributed by atoms with Crippen molar-refractivity contribution in [2.24, 2.45) is 0 Å². The molecule has 1 fully saturated rings. The zero-order chi connectivity index (χ0) is 19.4. The molecule has 0 spiro atoms. The van der Waals surface area contributed by atoms with E-state index in [1.165, 1.54) is 16.7 Å². The Kier molecular flexibility index (Phi) is 5.43. The average molecular weight is 370 g/mol. The van der Waals surface area contributed by atoms with E-state index in [1.54, 1.807) is 6.08 Å². The molecule has 1 N–H and O–H groups in total. The quantitative estimate of drug-likeness (QED) is 0.489. The molecule has 0 bridgehead atoms. The topological polar surface area (TPSA) is 23.5 Å². The van der Waals surface area contributed by atoms with Crippen molar-refractivity contribution in [3.05, 3.63) is 120 Å². The van der Waals surface area contributed by atoms with Crippen LogP contribution in [0.2, 0.25) is 0 Å². The first-order valence-electron chi connectivity index (χ1n) is 10.0. The minimum Gasteiger partial charge on any atom is -0.387 e. The van der Waals surface area contributed by atoms with E-state index in [0.29, 0.717) is 0 Å². The lowest BCUT2D eigenvalue weighted by molar-refractivity contribution is 0.0581. The fourth-order valence-electron chi connectivity index (χ4n) is 4.76. The van der Waals surface area contributed by atoms with Crippen LogP contribution in [0.3, 0.4) is 0 Å². The number of hydrogen-bond acceptors (Lipinski definition) is 2. The van der Waals surface area contributed by atoms with Gasteiger partial charge in [0.15, 0.2) is 0 Å². The summed E-state index contributed by atoms with van der Waals surface area (Å²) < 4.78 is 0. The zero-order valence-corrected chi connectivity index (χ0v) is 16.1. The molecule has 28 heavy (non-hydrogen) atoms. The predicted molar refractivity (Wildman–Crippen MR) is 115 cm³/mol. The van der Waals surface area contributed by atoms with Gasteiger partial charge in [-0.25, -0.2) is 0 Å². The molecule has 3 aromatic carbocycles. The predicted octanol–water partition coefficient (Wildman–Crippen LogP) is 4.99. The number of nitrogens with zero attached hydrogens (tertiary/aromatic N) is 1. The summed E-state index contributed by atoms with van der Waals surface area (Å²) in [6.07, 6.45) is 3.14. The molecular formula is C26H27NO. The van der Waals surface area contributed by atoms with Crippen LogP contribution in [-0.4, -0.2) is 28.7 Å². The first-order valence-corrected chi connectivity index (χ1v) is 10.0. The van der Waals surface area contributed by atoms with Crippen molar-refractivity contribution in [1.29, 1.82) is 0 Å². The third-order valence-electron chi connectivity index (χ3n) is 5.94. The van der Waals surface area contributed by atoms with Crippen molar-refractivity contribution >= 4 is 0 Å². The van der Waals surface area contributed by atoms with Gasteiger partial charge in [0.05, 0.1) is 11.6 Å². The average Bonchev–Trinajstić information content (AvgIpc) is 3.26. The van der Waals surface area contributed by atoms with E-state index in [0.717, 1.165) is 19.4 Å². The van der Waals surface area contributed by atoms with E-state index in [2.05, 4.69) is 102 Å². The van der Waals surface area contributed by atoms with Crippen molar-refractivity contribution in [3.63, 3.8) is 0 Å². The van der Waals surface area contributed by atoms with Gasteiger partial charge in [-0.15, -0.1) is 6.58 Å². The zero-order valence-electron chi connectivity index (χ0n) is 16.1. The van der Waals surface area contributed by atoms with Crippen LogP contribution in [0.15, 0.2) is 104 Å². The largest absolute Gasteiger partial charge is 0.387 e. The Bertz CT molecular complexity index is 795. The first-order chi connectivity index (χ1) is 13.8. The summed E-state index contributed by atoms with van der Waals surface area (Å²) in [5, 5.41) is 10.8. The van der Waals surface area contributed by atoms with Crippen LogP contribution >= 0.6 is 0 Å². The molecule has 0 saturated carbocycles. The van der Waals surface area contributed by atoms with Crippen LogP contribution in [0.4, 0.5) is 0 Å². The highest BCUT2D eigenvalue weighted by molar-refractivity contribution is 5.50. The van der Waals surface area contributed by atoms with Crippen LogP contribution in [0, 0.1) is 0 Å². The number of aliphatic hydroxyl groups excluding tert-OH is 1. The molecule has 0 radical (unpaired) electrons. The molecule has 0 aromatic heterocycles. The van der Waals surface area contributed by atoms with Gasteiger partial charge in [0.1, 0.15) is 0 Å². The second-order valence-electron chi connectivity index (χ2n) is 7.44. The Morgan fingerprint density at radius 1 is 0.821 bits per heavy atom. The highest BCUT2D eigenvalue weighted by Crippen LogP contribution is 2.46. The summed E-state index contributed by atoms with van der Waals surface area (Å²) in [6, 6.07) is 32.0. The van der Waals surface area contributed by atoms with E-state index in [4.69, 9.17) is 0 Å². The van der Waals surface area contributed by atoms with Crippen molar-refractivity contribution in [2.75, 3.05) is 6.54 Å². The first kappa shape index (κ1) is 18.7. The maximum absolute atomic E-state index is 10.8. The smallest absolute Gasteiger partial charge is 0.0976 e. The number of benzene rings is 3. The van der Waals surface area contributed by atoms with Gasteiger partial charge in [-0.2, -0.15) is 0 Å². The Labute approximate surface area is 167 Å². The third kappa shape index (κ3) is 3.09. The van der Waals surface area contributed by atoms with Crippen LogP contribution < -0.4 is 0 Å². The van der Waals surface area contributed by atoms with Gasteiger partial charge in [0.25, 0.3) is 0 Å². The van der Waals surface area contributed by atoms with Gasteiger partial charge < -0.3 is 5.11 Å². The molecule has 0 aliphatic carbocycles. The molecule has 1 aliphatic heterocycles. The summed E-state index contributed by atoms with van der Waals surface area (Å²) in [7, 11) is 0. The summed E-state index contributed by atoms with van der Waals surface area (Å²) in [4.78, 5) is 2.49. The molecule has 3 aromatic rings. The molecule has 2 nitrogen and oxygen atoms in total. The minimum atomic E-state index is -0.557. The summed E-state index contributed by atoms with van der Waals surface area (Å²) in [6.45, 7) is 4.79. The Morgan fingerprint density at radius 2 is 1.25 bits per heavy atom. The van der Waals surface area contributed by atoms with Crippen LogP contribution in [0.25, 0.3) is 0 Å². The minimum absolute atomic E-state index is 0.0260. The molecule has 2 atom stereocenters. The molecule has 0 unspecified atom stereocenters. The Hall–Kier alpha value is -2.68. The number of likely N-dealkylation sites (tertiary alicyclic amines) is 1. The van der Waals surface area contributed by atoms with Gasteiger partial charge >= 0.3 is 0 Å². The fraction of sp³-hybridized carbons (Fsp3) is 0.231. The van der Waals surface area contributed by atoms with Gasteiger partial charge in [-0.05, 0) is 29.5 Å². The van der Waals surface area contributed by atoms with E-state index < -0.39 is 11.6 Å². The van der Waals surface area contributed by atoms with Gasteiger partial charge in [-0.1, -0.05) is 97.1 Å². The van der Waals surface area contributed by atoms with Crippen molar-refractivity contribution in [2.45, 2.75) is 30.5 Å². The SMILES string of the molecule is C=C[C@@H](O)[C@@H]1CCCN1C(c1ccccc1)(c1ccccc1)c1ccccc1. The molecule has 142 valence electrons. The molecule has 4 rings (SSSR count). The van der Waals surface area contributed by atoms with Crippen LogP contribution in [-0.2, 0) is 5.54 Å². The Morgan fingerprint density at radius 3 is 1.64 bits per heavy atom. The van der Waals surface area contributed by atoms with E-state index in [1.807, 2.05) is 0 Å². The summed E-state index contributed by atoms with van der Waals surface area (Å²) >= 11 is 0. The van der Waals surface area contributed by atoms with Gasteiger partial charge in [0.2, 0.25) is 0 Å². The number of rotatable bonds is 6. The van der Waals surface area contributed by atoms with Crippen LogP contribution in [0.5, 0.6) is 0 Å². The molecule has 1 aliphatic rings. The summed E-state index contributed by atoms with van der Waals surface area (Å²) in [5.41, 5.74) is 3.19. The summed E-state index contributed by atoms with van der Waals surface area (Å²) in [5.74, 6) is 0. The molecule has 1 heterocycles. The van der Waals surface area contributed by atoms with Gasteiger partial charge in [-0.3, -0.25) is 4.90 Å². The maximum atomic E-state index is 10.8. The second-order valence-corrected chi connectivity index (χ2v) is 7.44. The molecule has 0 amide bonds. The third-order valence-corrected chi connectivity index (χ3v) is 5.94. The van der Waals surface area contributed by atoms with Crippen molar-refractivity contribution < 1.29 is 5.11 Å².